The molecule has 0 aliphatic carbocycles. The van der Waals surface area contributed by atoms with Crippen molar-refractivity contribution in [3.8, 4) is 11.5 Å². The van der Waals surface area contributed by atoms with Crippen molar-refractivity contribution in [1.82, 2.24) is 24.6 Å². The second-order valence-electron chi connectivity index (χ2n) is 4.79. The normalized spacial score (nSPS) is 15.4. The van der Waals surface area contributed by atoms with Crippen LogP contribution >= 0.6 is 0 Å². The Morgan fingerprint density at radius 2 is 2.38 bits per heavy atom. The predicted molar refractivity (Wildman–Crippen MR) is 68.6 cm³/mol. The molecule has 9 heteroatoms. The molecule has 0 saturated carbocycles. The summed E-state index contributed by atoms with van der Waals surface area (Å²) in [7, 11) is 0. The van der Waals surface area contributed by atoms with Gasteiger partial charge in [0.1, 0.15) is 5.69 Å². The third-order valence-corrected chi connectivity index (χ3v) is 3.29. The van der Waals surface area contributed by atoms with Crippen molar-refractivity contribution in [2.75, 3.05) is 13.1 Å². The summed E-state index contributed by atoms with van der Waals surface area (Å²) in [4.78, 5) is 20.1. The van der Waals surface area contributed by atoms with Crippen LogP contribution in [0.5, 0.6) is 0 Å². The fraction of sp³-hybridized carbons (Fsp3) is 0.417. The second-order valence-corrected chi connectivity index (χ2v) is 4.79. The zero-order valence-electron chi connectivity index (χ0n) is 11.0. The SMILES string of the molecule is NC(=O)n1c[c]c(-c2nc3c([nH]2)CCN(CC(F)F)C3)n1. The lowest BCUT2D eigenvalue weighted by molar-refractivity contribution is 0.0812. The number of primary amides is 1. The molecule has 0 atom stereocenters. The van der Waals surface area contributed by atoms with E-state index in [2.05, 4.69) is 21.1 Å². The summed E-state index contributed by atoms with van der Waals surface area (Å²) in [6.07, 6.45) is -0.419. The zero-order valence-corrected chi connectivity index (χ0v) is 11.0. The Labute approximate surface area is 118 Å². The summed E-state index contributed by atoms with van der Waals surface area (Å²) >= 11 is 0. The highest BCUT2D eigenvalue weighted by molar-refractivity contribution is 5.74. The van der Waals surface area contributed by atoms with Gasteiger partial charge in [0.05, 0.1) is 12.2 Å². The average molecular weight is 295 g/mol. The molecule has 21 heavy (non-hydrogen) atoms. The predicted octanol–water partition coefficient (Wildman–Crippen LogP) is 0.623. The number of carbonyl (C=O) groups is 1. The van der Waals surface area contributed by atoms with E-state index in [-0.39, 0.29) is 6.54 Å². The van der Waals surface area contributed by atoms with E-state index in [1.807, 2.05) is 0 Å². The highest BCUT2D eigenvalue weighted by Gasteiger charge is 2.23. The number of amides is 1. The summed E-state index contributed by atoms with van der Waals surface area (Å²) < 4.78 is 25.8. The number of carbonyl (C=O) groups excluding carboxylic acids is 1. The molecule has 0 aromatic carbocycles. The maximum Gasteiger partial charge on any atom is 0.339 e. The number of nitrogens with zero attached hydrogens (tertiary/aromatic N) is 4. The summed E-state index contributed by atoms with van der Waals surface area (Å²) in [6, 6.07) is 2.07. The first-order valence-electron chi connectivity index (χ1n) is 6.38. The van der Waals surface area contributed by atoms with Crippen molar-refractivity contribution in [1.29, 1.82) is 0 Å². The number of rotatable bonds is 3. The molecule has 3 rings (SSSR count). The van der Waals surface area contributed by atoms with Crippen LogP contribution in [0.1, 0.15) is 11.4 Å². The Bertz CT molecular complexity index is 665. The fourth-order valence-corrected chi connectivity index (χ4v) is 2.32. The standard InChI is InChI=1S/C12H13F2N6O/c13-10(14)6-19-3-1-7-9(5-19)17-11(16-7)8-2-4-20(18-8)12(15)21/h4,10H,1,3,5-6H2,(H2,15,21)(H,16,17). The van der Waals surface area contributed by atoms with Gasteiger partial charge in [-0.2, -0.15) is 9.78 Å². The van der Waals surface area contributed by atoms with Gasteiger partial charge in [0.15, 0.2) is 5.82 Å². The van der Waals surface area contributed by atoms with Gasteiger partial charge in [0.2, 0.25) is 0 Å². The lowest BCUT2D eigenvalue weighted by Crippen LogP contribution is -2.34. The molecule has 7 nitrogen and oxygen atoms in total. The van der Waals surface area contributed by atoms with E-state index in [0.29, 0.717) is 31.0 Å². The van der Waals surface area contributed by atoms with Gasteiger partial charge in [-0.1, -0.05) is 0 Å². The van der Waals surface area contributed by atoms with Crippen LogP contribution in [0.3, 0.4) is 0 Å². The number of alkyl halides is 2. The molecule has 1 aliphatic heterocycles. The molecular weight excluding hydrogens is 282 g/mol. The van der Waals surface area contributed by atoms with Crippen LogP contribution in [0.4, 0.5) is 13.6 Å². The Balaban J connectivity index is 1.81. The molecule has 0 spiro atoms. The maximum atomic E-state index is 12.4. The number of aromatic amines is 1. The molecule has 0 unspecified atom stereocenters. The van der Waals surface area contributed by atoms with Crippen molar-refractivity contribution in [2.45, 2.75) is 19.4 Å². The van der Waals surface area contributed by atoms with Crippen molar-refractivity contribution >= 4 is 6.03 Å². The molecule has 0 fully saturated rings. The van der Waals surface area contributed by atoms with Gasteiger partial charge in [0, 0.05) is 37.5 Å². The van der Waals surface area contributed by atoms with E-state index in [4.69, 9.17) is 5.73 Å². The summed E-state index contributed by atoms with van der Waals surface area (Å²) in [5.74, 6) is 0.457. The molecule has 1 amide bonds. The van der Waals surface area contributed by atoms with Gasteiger partial charge in [-0.3, -0.25) is 4.90 Å². The smallest absolute Gasteiger partial charge is 0.339 e. The number of nitrogens with one attached hydrogen (secondary N) is 1. The summed E-state index contributed by atoms with van der Waals surface area (Å²) in [5.41, 5.74) is 7.09. The first-order valence-corrected chi connectivity index (χ1v) is 6.38. The van der Waals surface area contributed by atoms with E-state index < -0.39 is 12.5 Å². The minimum absolute atomic E-state index is 0.260. The van der Waals surface area contributed by atoms with E-state index in [0.717, 1.165) is 16.1 Å². The van der Waals surface area contributed by atoms with Crippen LogP contribution in [0, 0.1) is 6.07 Å². The largest absolute Gasteiger partial charge is 0.350 e. The molecule has 3 N–H and O–H groups in total. The molecule has 2 aromatic rings. The van der Waals surface area contributed by atoms with E-state index in [9.17, 15) is 13.6 Å². The number of aromatic nitrogens is 4. The van der Waals surface area contributed by atoms with Crippen LogP contribution in [0.15, 0.2) is 6.20 Å². The molecule has 0 saturated heterocycles. The number of fused-ring (bicyclic) bond motifs is 1. The Morgan fingerprint density at radius 3 is 3.05 bits per heavy atom. The lowest BCUT2D eigenvalue weighted by Gasteiger charge is -2.25. The minimum Gasteiger partial charge on any atom is -0.350 e. The number of hydrogen-bond donors (Lipinski definition) is 2. The van der Waals surface area contributed by atoms with Gasteiger partial charge in [-0.05, 0) is 0 Å². The van der Waals surface area contributed by atoms with Crippen LogP contribution in [-0.2, 0) is 13.0 Å². The highest BCUT2D eigenvalue weighted by atomic mass is 19.3. The van der Waals surface area contributed by atoms with Crippen molar-refractivity contribution < 1.29 is 13.6 Å². The third-order valence-electron chi connectivity index (χ3n) is 3.29. The lowest BCUT2D eigenvalue weighted by atomic mass is 10.1. The Kier molecular flexibility index (Phi) is 3.42. The van der Waals surface area contributed by atoms with Crippen molar-refractivity contribution in [3.05, 3.63) is 23.7 Å². The van der Waals surface area contributed by atoms with Gasteiger partial charge >= 0.3 is 6.03 Å². The van der Waals surface area contributed by atoms with Crippen molar-refractivity contribution in [2.24, 2.45) is 5.73 Å². The van der Waals surface area contributed by atoms with Gasteiger partial charge in [-0.25, -0.2) is 18.6 Å². The van der Waals surface area contributed by atoms with Gasteiger partial charge in [0.25, 0.3) is 6.43 Å². The van der Waals surface area contributed by atoms with Gasteiger partial charge < -0.3 is 10.7 Å². The number of hydrogen-bond acceptors (Lipinski definition) is 4. The van der Waals surface area contributed by atoms with E-state index in [1.54, 1.807) is 4.90 Å². The first-order chi connectivity index (χ1) is 10.0. The summed E-state index contributed by atoms with van der Waals surface area (Å²) in [5, 5.41) is 3.95. The zero-order chi connectivity index (χ0) is 15.0. The van der Waals surface area contributed by atoms with E-state index in [1.165, 1.54) is 6.20 Å². The number of nitrogens with two attached hydrogens (primary N) is 1. The number of imidazole rings is 1. The monoisotopic (exact) mass is 295 g/mol. The first kappa shape index (κ1) is 13.7. The minimum atomic E-state index is -2.36. The molecule has 0 bridgehead atoms. The fourth-order valence-electron chi connectivity index (χ4n) is 2.32. The average Bonchev–Trinajstić information content (AvgIpc) is 3.03. The Morgan fingerprint density at radius 1 is 1.57 bits per heavy atom. The molecule has 3 heterocycles. The van der Waals surface area contributed by atoms with Crippen LogP contribution < -0.4 is 5.73 Å². The van der Waals surface area contributed by atoms with Crippen LogP contribution in [0.2, 0.25) is 0 Å². The van der Waals surface area contributed by atoms with Gasteiger partial charge in [-0.15, -0.1) is 0 Å². The Hall–Kier alpha value is -2.29. The second kappa shape index (κ2) is 5.24. The van der Waals surface area contributed by atoms with Crippen LogP contribution in [0.25, 0.3) is 11.5 Å². The molecular formula is C12H13F2N6O. The maximum absolute atomic E-state index is 12.4. The van der Waals surface area contributed by atoms with Crippen LogP contribution in [-0.4, -0.2) is 50.2 Å². The van der Waals surface area contributed by atoms with E-state index >= 15 is 0 Å². The highest BCUT2D eigenvalue weighted by Crippen LogP contribution is 2.21. The quantitative estimate of drug-likeness (QED) is 0.868. The molecule has 1 aliphatic rings. The molecule has 111 valence electrons. The molecule has 1 radical (unpaired) electrons. The van der Waals surface area contributed by atoms with Crippen molar-refractivity contribution in [3.63, 3.8) is 0 Å². The topological polar surface area (TPSA) is 92.8 Å². The number of halogens is 2. The summed E-state index contributed by atoms with van der Waals surface area (Å²) in [6.45, 7) is 0.662. The third kappa shape index (κ3) is 2.77. The number of H-pyrrole nitrogens is 1. The molecule has 2 aromatic heterocycles.